The highest BCUT2D eigenvalue weighted by molar-refractivity contribution is 8.00. The van der Waals surface area contributed by atoms with Gasteiger partial charge in [-0.05, 0) is 12.1 Å². The molecule has 1 aromatic heterocycles. The molecule has 68 valence electrons. The molecule has 2 rings (SSSR count). The first-order valence-corrected chi connectivity index (χ1v) is 4.92. The zero-order valence-corrected chi connectivity index (χ0v) is 7.79. The van der Waals surface area contributed by atoms with Gasteiger partial charge in [-0.2, -0.15) is 0 Å². The van der Waals surface area contributed by atoms with E-state index in [1.807, 2.05) is 6.07 Å². The number of hydrogen-bond acceptors (Lipinski definition) is 4. The van der Waals surface area contributed by atoms with E-state index in [4.69, 9.17) is 4.74 Å². The van der Waals surface area contributed by atoms with Crippen molar-refractivity contribution in [2.75, 3.05) is 13.2 Å². The predicted molar refractivity (Wildman–Crippen MR) is 50.1 cm³/mol. The van der Waals surface area contributed by atoms with Crippen LogP contribution in [0.15, 0.2) is 23.4 Å². The molecule has 2 heterocycles. The molecule has 0 radical (unpaired) electrons. The lowest BCUT2D eigenvalue weighted by molar-refractivity contribution is 0.0454. The molecule has 0 aromatic carbocycles. The van der Waals surface area contributed by atoms with Crippen molar-refractivity contribution in [3.05, 3.63) is 23.9 Å². The van der Waals surface area contributed by atoms with Gasteiger partial charge in [-0.1, -0.05) is 11.8 Å². The van der Waals surface area contributed by atoms with Gasteiger partial charge in [0.1, 0.15) is 0 Å². The summed E-state index contributed by atoms with van der Waals surface area (Å²) < 4.78 is 5.05. The van der Waals surface area contributed by atoms with Crippen LogP contribution in [0.5, 0.6) is 0 Å². The quantitative estimate of drug-likeness (QED) is 0.683. The Morgan fingerprint density at radius 1 is 1.54 bits per heavy atom. The average molecular weight is 195 g/mol. The molecule has 0 atom stereocenters. The zero-order chi connectivity index (χ0) is 9.10. The van der Waals surface area contributed by atoms with E-state index in [-0.39, 0.29) is 0 Å². The van der Waals surface area contributed by atoms with Crippen molar-refractivity contribution in [2.45, 2.75) is 10.3 Å². The van der Waals surface area contributed by atoms with Crippen molar-refractivity contribution in [1.29, 1.82) is 0 Å². The monoisotopic (exact) mass is 195 g/mol. The van der Waals surface area contributed by atoms with Crippen molar-refractivity contribution in [2.24, 2.45) is 0 Å². The van der Waals surface area contributed by atoms with E-state index in [1.54, 1.807) is 24.0 Å². The highest BCUT2D eigenvalue weighted by Gasteiger charge is 2.19. The van der Waals surface area contributed by atoms with Crippen LogP contribution >= 0.6 is 11.8 Å². The molecule has 0 spiro atoms. The van der Waals surface area contributed by atoms with Crippen LogP contribution in [0.1, 0.15) is 10.4 Å². The third kappa shape index (κ3) is 2.08. The summed E-state index contributed by atoms with van der Waals surface area (Å²) in [6, 6.07) is 3.65. The molecule has 0 saturated carbocycles. The summed E-state index contributed by atoms with van der Waals surface area (Å²) in [6.45, 7) is 1.61. The number of rotatable bonds is 3. The van der Waals surface area contributed by atoms with Crippen molar-refractivity contribution < 1.29 is 9.53 Å². The molecule has 0 aliphatic carbocycles. The summed E-state index contributed by atoms with van der Waals surface area (Å²) in [4.78, 5) is 14.5. The normalized spacial score (nSPS) is 16.6. The van der Waals surface area contributed by atoms with E-state index in [0.717, 1.165) is 24.5 Å². The van der Waals surface area contributed by atoms with Crippen LogP contribution in [0.2, 0.25) is 0 Å². The average Bonchev–Trinajstić information content (AvgIpc) is 2.12. The van der Waals surface area contributed by atoms with Crippen LogP contribution in [-0.2, 0) is 4.74 Å². The van der Waals surface area contributed by atoms with Gasteiger partial charge in [0.05, 0.1) is 23.5 Å². The summed E-state index contributed by atoms with van der Waals surface area (Å²) in [7, 11) is 0. The molecule has 1 aliphatic heterocycles. The van der Waals surface area contributed by atoms with Crippen molar-refractivity contribution in [1.82, 2.24) is 4.98 Å². The third-order valence-electron chi connectivity index (χ3n) is 1.79. The van der Waals surface area contributed by atoms with Gasteiger partial charge in [-0.3, -0.25) is 4.79 Å². The molecular formula is C9H9NO2S. The Balaban J connectivity index is 2.00. The minimum absolute atomic E-state index is 0.537. The van der Waals surface area contributed by atoms with E-state index in [0.29, 0.717) is 10.8 Å². The van der Waals surface area contributed by atoms with Crippen LogP contribution in [0, 0.1) is 0 Å². The molecule has 0 amide bonds. The van der Waals surface area contributed by atoms with Crippen LogP contribution in [-0.4, -0.2) is 29.7 Å². The first-order chi connectivity index (χ1) is 6.38. The lowest BCUT2D eigenvalue weighted by atomic mass is 10.3. The lowest BCUT2D eigenvalue weighted by Crippen LogP contribution is -2.30. The molecule has 0 N–H and O–H groups in total. The van der Waals surface area contributed by atoms with Gasteiger partial charge in [0, 0.05) is 11.8 Å². The second kappa shape index (κ2) is 3.89. The summed E-state index contributed by atoms with van der Waals surface area (Å²) in [5.41, 5.74) is 0.620. The summed E-state index contributed by atoms with van der Waals surface area (Å²) in [5, 5.41) is 1.49. The number of hydrogen-bond donors (Lipinski definition) is 0. The van der Waals surface area contributed by atoms with Crippen LogP contribution in [0.4, 0.5) is 0 Å². The minimum Gasteiger partial charge on any atom is -0.379 e. The van der Waals surface area contributed by atoms with Gasteiger partial charge in [0.15, 0.2) is 6.29 Å². The molecule has 4 heteroatoms. The van der Waals surface area contributed by atoms with Gasteiger partial charge in [-0.25, -0.2) is 4.98 Å². The number of nitrogens with zero attached hydrogens (tertiary/aromatic N) is 1. The zero-order valence-electron chi connectivity index (χ0n) is 6.97. The van der Waals surface area contributed by atoms with E-state index in [2.05, 4.69) is 4.98 Å². The van der Waals surface area contributed by atoms with Crippen molar-refractivity contribution in [3.8, 4) is 0 Å². The molecule has 0 bridgehead atoms. The number of carbonyl (C=O) groups is 1. The molecule has 0 unspecified atom stereocenters. The molecule has 1 saturated heterocycles. The lowest BCUT2D eigenvalue weighted by Gasteiger charge is -2.24. The van der Waals surface area contributed by atoms with E-state index >= 15 is 0 Å². The number of ether oxygens (including phenoxy) is 1. The van der Waals surface area contributed by atoms with E-state index < -0.39 is 0 Å². The van der Waals surface area contributed by atoms with Crippen molar-refractivity contribution >= 4 is 18.0 Å². The Kier molecular flexibility index (Phi) is 2.61. The number of pyridine rings is 1. The number of aldehydes is 1. The highest BCUT2D eigenvalue weighted by Crippen LogP contribution is 2.25. The SMILES string of the molecule is O=Cc1ccc(SC2COC2)nc1. The summed E-state index contributed by atoms with van der Waals surface area (Å²) >= 11 is 1.70. The number of thioether (sulfide) groups is 1. The standard InChI is InChI=1S/C9H9NO2S/c11-4-7-1-2-9(10-3-7)13-8-5-12-6-8/h1-4,8H,5-6H2. The predicted octanol–water partition coefficient (Wildman–Crippen LogP) is 1.38. The summed E-state index contributed by atoms with van der Waals surface area (Å²) in [6.07, 6.45) is 2.39. The van der Waals surface area contributed by atoms with Gasteiger partial charge in [0.25, 0.3) is 0 Å². The number of aromatic nitrogens is 1. The maximum atomic E-state index is 10.3. The van der Waals surface area contributed by atoms with Gasteiger partial charge < -0.3 is 4.74 Å². The first-order valence-electron chi connectivity index (χ1n) is 4.04. The Morgan fingerprint density at radius 2 is 2.38 bits per heavy atom. The van der Waals surface area contributed by atoms with E-state index in [9.17, 15) is 4.79 Å². The minimum atomic E-state index is 0.537. The number of carbonyl (C=O) groups excluding carboxylic acids is 1. The largest absolute Gasteiger partial charge is 0.379 e. The second-order valence-corrected chi connectivity index (χ2v) is 4.15. The molecule has 1 fully saturated rings. The van der Waals surface area contributed by atoms with Gasteiger partial charge >= 0.3 is 0 Å². The molecule has 1 aliphatic rings. The maximum Gasteiger partial charge on any atom is 0.151 e. The van der Waals surface area contributed by atoms with Crippen LogP contribution in [0.3, 0.4) is 0 Å². The molecule has 1 aromatic rings. The fourth-order valence-corrected chi connectivity index (χ4v) is 1.91. The second-order valence-electron chi connectivity index (χ2n) is 2.82. The van der Waals surface area contributed by atoms with Gasteiger partial charge in [-0.15, -0.1) is 0 Å². The van der Waals surface area contributed by atoms with Crippen LogP contribution < -0.4 is 0 Å². The smallest absolute Gasteiger partial charge is 0.151 e. The molecule has 3 nitrogen and oxygen atoms in total. The maximum absolute atomic E-state index is 10.3. The summed E-state index contributed by atoms with van der Waals surface area (Å²) in [5.74, 6) is 0. The first kappa shape index (κ1) is 8.72. The highest BCUT2D eigenvalue weighted by atomic mass is 32.2. The Bertz CT molecular complexity index is 295. The van der Waals surface area contributed by atoms with E-state index in [1.165, 1.54) is 0 Å². The topological polar surface area (TPSA) is 39.2 Å². The third-order valence-corrected chi connectivity index (χ3v) is 2.88. The fourth-order valence-electron chi connectivity index (χ4n) is 0.984. The molecular weight excluding hydrogens is 186 g/mol. The van der Waals surface area contributed by atoms with Crippen molar-refractivity contribution in [3.63, 3.8) is 0 Å². The Hall–Kier alpha value is -0.870. The van der Waals surface area contributed by atoms with Gasteiger partial charge in [0.2, 0.25) is 0 Å². The Morgan fingerprint density at radius 3 is 2.85 bits per heavy atom. The Labute approximate surface area is 80.5 Å². The fraction of sp³-hybridized carbons (Fsp3) is 0.333. The van der Waals surface area contributed by atoms with Crippen LogP contribution in [0.25, 0.3) is 0 Å². The molecule has 13 heavy (non-hydrogen) atoms.